The molecule has 1 aliphatic carbocycles. The predicted octanol–water partition coefficient (Wildman–Crippen LogP) is 1.27. The van der Waals surface area contributed by atoms with Crippen LogP contribution in [-0.2, 0) is 14.8 Å². The van der Waals surface area contributed by atoms with Gasteiger partial charge in [-0.05, 0) is 38.3 Å². The average molecular weight is 335 g/mol. The third-order valence-electron chi connectivity index (χ3n) is 4.78. The van der Waals surface area contributed by atoms with Gasteiger partial charge in [-0.15, -0.1) is 0 Å². The summed E-state index contributed by atoms with van der Waals surface area (Å²) in [6.45, 7) is 1.91. The number of aryl methyl sites for hydroxylation is 1. The zero-order valence-electron chi connectivity index (χ0n) is 13.0. The first kappa shape index (κ1) is 16.4. The van der Waals surface area contributed by atoms with Gasteiger partial charge in [-0.2, -0.15) is 5.26 Å². The van der Waals surface area contributed by atoms with E-state index in [2.05, 4.69) is 10.8 Å². The summed E-state index contributed by atoms with van der Waals surface area (Å²) in [4.78, 5) is 0.265. The number of fused-ring (bicyclic) bond motifs is 1. The Labute approximate surface area is 136 Å². The Bertz CT molecular complexity index is 711. The fourth-order valence-corrected chi connectivity index (χ4v) is 4.82. The monoisotopic (exact) mass is 335 g/mol. The highest BCUT2D eigenvalue weighted by molar-refractivity contribution is 7.89. The summed E-state index contributed by atoms with van der Waals surface area (Å²) in [6.07, 6.45) is 1.40. The highest BCUT2D eigenvalue weighted by Crippen LogP contribution is 2.40. The fourth-order valence-electron chi connectivity index (χ4n) is 3.54. The Morgan fingerprint density at radius 3 is 2.65 bits per heavy atom. The normalized spacial score (nSPS) is 33.9. The van der Waals surface area contributed by atoms with Crippen LogP contribution >= 0.6 is 0 Å². The van der Waals surface area contributed by atoms with Crippen LogP contribution in [0.15, 0.2) is 29.2 Å². The smallest absolute Gasteiger partial charge is 0.240 e. The third kappa shape index (κ3) is 3.26. The van der Waals surface area contributed by atoms with Crippen LogP contribution in [0.3, 0.4) is 0 Å². The van der Waals surface area contributed by atoms with Crippen molar-refractivity contribution in [1.29, 1.82) is 5.26 Å². The van der Waals surface area contributed by atoms with E-state index in [0.29, 0.717) is 12.8 Å². The van der Waals surface area contributed by atoms with Gasteiger partial charge in [0, 0.05) is 12.0 Å². The molecule has 2 aliphatic rings. The van der Waals surface area contributed by atoms with Gasteiger partial charge in [0.25, 0.3) is 0 Å². The minimum Gasteiger partial charge on any atom is -0.359 e. The van der Waals surface area contributed by atoms with Crippen LogP contribution in [0.5, 0.6) is 0 Å². The molecule has 1 aromatic carbocycles. The van der Waals surface area contributed by atoms with Crippen LogP contribution in [-0.4, -0.2) is 26.8 Å². The summed E-state index contributed by atoms with van der Waals surface area (Å²) < 4.78 is 33.4. The number of nitrogens with one attached hydrogen (secondary N) is 1. The van der Waals surface area contributed by atoms with E-state index in [0.717, 1.165) is 12.0 Å². The maximum atomic E-state index is 12.5. The maximum Gasteiger partial charge on any atom is 0.240 e. The number of nitrogens with two attached hydrogens (primary N) is 1. The lowest BCUT2D eigenvalue weighted by Gasteiger charge is -2.31. The first-order chi connectivity index (χ1) is 10.9. The van der Waals surface area contributed by atoms with E-state index >= 15 is 0 Å². The molecule has 3 rings (SSSR count). The second-order valence-corrected chi connectivity index (χ2v) is 8.12. The Morgan fingerprint density at radius 1 is 1.30 bits per heavy atom. The van der Waals surface area contributed by atoms with Gasteiger partial charge in [0.05, 0.1) is 23.0 Å². The fraction of sp³-hybridized carbons (Fsp3) is 0.562. The summed E-state index contributed by atoms with van der Waals surface area (Å²) in [5.41, 5.74) is 6.86. The van der Waals surface area contributed by atoms with Gasteiger partial charge in [-0.25, -0.2) is 13.1 Å². The molecule has 124 valence electrons. The number of rotatable bonds is 3. The van der Waals surface area contributed by atoms with Crippen molar-refractivity contribution in [1.82, 2.24) is 4.72 Å². The molecule has 3 N–H and O–H groups in total. The summed E-state index contributed by atoms with van der Waals surface area (Å²) >= 11 is 0. The average Bonchev–Trinajstić information content (AvgIpc) is 2.82. The molecule has 2 fully saturated rings. The van der Waals surface area contributed by atoms with Crippen LogP contribution < -0.4 is 10.5 Å². The lowest BCUT2D eigenvalue weighted by molar-refractivity contribution is 0.0171. The second kappa shape index (κ2) is 6.21. The Kier molecular flexibility index (Phi) is 4.43. The van der Waals surface area contributed by atoms with E-state index < -0.39 is 16.3 Å². The van der Waals surface area contributed by atoms with Gasteiger partial charge in [-0.3, -0.25) is 0 Å². The SMILES string of the molecule is Cc1ccc(S(=O)(=O)N[C@H]2CC[C@H]3O[C@@H](N)[C@@H](C#N)[C@@H]3C2)cc1. The van der Waals surface area contributed by atoms with E-state index in [-0.39, 0.29) is 28.9 Å². The quantitative estimate of drug-likeness (QED) is 0.865. The minimum absolute atomic E-state index is 0.00512. The van der Waals surface area contributed by atoms with Gasteiger partial charge in [0.15, 0.2) is 0 Å². The molecule has 1 saturated carbocycles. The molecule has 1 heterocycles. The van der Waals surface area contributed by atoms with Gasteiger partial charge in [0.1, 0.15) is 6.23 Å². The Morgan fingerprint density at radius 2 is 2.00 bits per heavy atom. The highest BCUT2D eigenvalue weighted by atomic mass is 32.2. The molecular weight excluding hydrogens is 314 g/mol. The number of ether oxygens (including phenoxy) is 1. The number of sulfonamides is 1. The second-order valence-electron chi connectivity index (χ2n) is 6.40. The molecule has 0 bridgehead atoms. The molecule has 0 aromatic heterocycles. The number of benzene rings is 1. The first-order valence-corrected chi connectivity index (χ1v) is 9.28. The largest absolute Gasteiger partial charge is 0.359 e. The number of hydrogen-bond acceptors (Lipinski definition) is 5. The van der Waals surface area contributed by atoms with Crippen molar-refractivity contribution in [3.8, 4) is 6.07 Å². The Balaban J connectivity index is 1.71. The van der Waals surface area contributed by atoms with Crippen molar-refractivity contribution in [3.05, 3.63) is 29.8 Å². The molecule has 1 aliphatic heterocycles. The highest BCUT2D eigenvalue weighted by Gasteiger charge is 2.46. The molecule has 5 atom stereocenters. The van der Waals surface area contributed by atoms with Crippen LogP contribution in [0.2, 0.25) is 0 Å². The lowest BCUT2D eigenvalue weighted by Crippen LogP contribution is -2.42. The van der Waals surface area contributed by atoms with Crippen LogP contribution in [0.4, 0.5) is 0 Å². The zero-order valence-corrected chi connectivity index (χ0v) is 13.8. The number of hydrogen-bond donors (Lipinski definition) is 2. The molecule has 6 nitrogen and oxygen atoms in total. The van der Waals surface area contributed by atoms with E-state index in [9.17, 15) is 13.7 Å². The van der Waals surface area contributed by atoms with E-state index in [1.807, 2.05) is 6.92 Å². The van der Waals surface area contributed by atoms with Gasteiger partial charge in [-0.1, -0.05) is 17.7 Å². The molecule has 0 unspecified atom stereocenters. The summed E-state index contributed by atoms with van der Waals surface area (Å²) in [5.74, 6) is -0.374. The summed E-state index contributed by atoms with van der Waals surface area (Å²) in [7, 11) is -3.55. The van der Waals surface area contributed by atoms with Crippen molar-refractivity contribution in [3.63, 3.8) is 0 Å². The maximum absolute atomic E-state index is 12.5. The van der Waals surface area contributed by atoms with Gasteiger partial charge >= 0.3 is 0 Å². The Hall–Kier alpha value is -1.46. The van der Waals surface area contributed by atoms with Crippen LogP contribution in [0, 0.1) is 30.1 Å². The molecule has 0 radical (unpaired) electrons. The third-order valence-corrected chi connectivity index (χ3v) is 6.32. The van der Waals surface area contributed by atoms with Crippen molar-refractivity contribution < 1.29 is 13.2 Å². The topological polar surface area (TPSA) is 105 Å². The van der Waals surface area contributed by atoms with Gasteiger partial charge in [0.2, 0.25) is 10.0 Å². The first-order valence-electron chi connectivity index (χ1n) is 7.80. The number of nitriles is 1. The summed E-state index contributed by atoms with van der Waals surface area (Å²) in [6, 6.07) is 8.79. The molecule has 0 spiro atoms. The zero-order chi connectivity index (χ0) is 16.6. The molecule has 7 heteroatoms. The van der Waals surface area contributed by atoms with E-state index in [4.69, 9.17) is 10.5 Å². The van der Waals surface area contributed by atoms with Crippen LogP contribution in [0.25, 0.3) is 0 Å². The van der Waals surface area contributed by atoms with Gasteiger partial charge < -0.3 is 10.5 Å². The molecule has 1 saturated heterocycles. The molecule has 1 aromatic rings. The van der Waals surface area contributed by atoms with Crippen molar-refractivity contribution in [2.45, 2.75) is 49.5 Å². The molecule has 0 amide bonds. The molecule has 23 heavy (non-hydrogen) atoms. The van der Waals surface area contributed by atoms with Crippen molar-refractivity contribution in [2.75, 3.05) is 0 Å². The van der Waals surface area contributed by atoms with Crippen molar-refractivity contribution >= 4 is 10.0 Å². The lowest BCUT2D eigenvalue weighted by atomic mass is 9.78. The summed E-state index contributed by atoms with van der Waals surface area (Å²) in [5, 5.41) is 9.25. The van der Waals surface area contributed by atoms with Crippen LogP contribution in [0.1, 0.15) is 24.8 Å². The van der Waals surface area contributed by atoms with Crippen molar-refractivity contribution in [2.24, 2.45) is 17.6 Å². The minimum atomic E-state index is -3.55. The molecular formula is C16H21N3O3S. The van der Waals surface area contributed by atoms with E-state index in [1.54, 1.807) is 24.3 Å². The van der Waals surface area contributed by atoms with E-state index in [1.165, 1.54) is 0 Å². The standard InChI is InChI=1S/C16H21N3O3S/c1-10-2-5-12(6-3-10)23(20,21)19-11-4-7-15-13(8-11)14(9-17)16(18)22-15/h2-3,5-6,11,13-16,19H,4,7-8,18H2,1H3/t11-,13-,14-,15+,16+/m0/s1. The predicted molar refractivity (Wildman–Crippen MR) is 84.6 cm³/mol. The number of nitrogens with zero attached hydrogens (tertiary/aromatic N) is 1.